The Balaban J connectivity index is 1.93. The van der Waals surface area contributed by atoms with E-state index in [1.54, 1.807) is 15.6 Å². The molecule has 0 atom stereocenters. The van der Waals surface area contributed by atoms with Crippen LogP contribution in [0.4, 0.5) is 0 Å². The van der Waals surface area contributed by atoms with Gasteiger partial charge < -0.3 is 5.32 Å². The van der Waals surface area contributed by atoms with Gasteiger partial charge in [0.05, 0.1) is 5.75 Å². The molecular formula is C13H22N2O2S2. The van der Waals surface area contributed by atoms with Gasteiger partial charge in [-0.05, 0) is 37.3 Å². The molecule has 1 N–H and O–H groups in total. The lowest BCUT2D eigenvalue weighted by Crippen LogP contribution is -2.37. The summed E-state index contributed by atoms with van der Waals surface area (Å²) in [6.07, 6.45) is 3.04. The Morgan fingerprint density at radius 1 is 1.42 bits per heavy atom. The van der Waals surface area contributed by atoms with Crippen LogP contribution in [0.5, 0.6) is 0 Å². The van der Waals surface area contributed by atoms with Gasteiger partial charge in [0.15, 0.2) is 0 Å². The predicted octanol–water partition coefficient (Wildman–Crippen LogP) is 2.04. The highest BCUT2D eigenvalue weighted by atomic mass is 32.2. The molecule has 1 aliphatic rings. The molecule has 0 bridgehead atoms. The average molecular weight is 302 g/mol. The van der Waals surface area contributed by atoms with Gasteiger partial charge >= 0.3 is 0 Å². The molecule has 1 heterocycles. The Morgan fingerprint density at radius 2 is 2.21 bits per heavy atom. The van der Waals surface area contributed by atoms with Gasteiger partial charge in [-0.1, -0.05) is 13.0 Å². The molecule has 0 unspecified atom stereocenters. The molecule has 1 aromatic rings. The van der Waals surface area contributed by atoms with Crippen molar-refractivity contribution in [1.82, 2.24) is 9.62 Å². The first-order valence-electron chi connectivity index (χ1n) is 6.86. The molecule has 1 aliphatic carbocycles. The third-order valence-electron chi connectivity index (χ3n) is 3.17. The molecule has 0 aromatic carbocycles. The predicted molar refractivity (Wildman–Crippen MR) is 79.8 cm³/mol. The average Bonchev–Trinajstić information content (AvgIpc) is 3.08. The summed E-state index contributed by atoms with van der Waals surface area (Å²) in [6.45, 7) is 4.04. The molecule has 4 nitrogen and oxygen atoms in total. The van der Waals surface area contributed by atoms with Crippen molar-refractivity contribution in [2.24, 2.45) is 0 Å². The highest BCUT2D eigenvalue weighted by Crippen LogP contribution is 2.31. The maximum Gasteiger partial charge on any atom is 0.215 e. The van der Waals surface area contributed by atoms with Crippen LogP contribution in [0.25, 0.3) is 0 Å². The largest absolute Gasteiger partial charge is 0.316 e. The van der Waals surface area contributed by atoms with Gasteiger partial charge in [0.2, 0.25) is 10.0 Å². The van der Waals surface area contributed by atoms with Gasteiger partial charge in [0.1, 0.15) is 0 Å². The van der Waals surface area contributed by atoms with Crippen molar-refractivity contribution >= 4 is 21.4 Å². The number of hydrogen-bond donors (Lipinski definition) is 1. The minimum atomic E-state index is -3.14. The van der Waals surface area contributed by atoms with Gasteiger partial charge in [-0.15, -0.1) is 11.3 Å². The van der Waals surface area contributed by atoms with E-state index in [1.165, 1.54) is 0 Å². The second kappa shape index (κ2) is 6.83. The molecule has 6 heteroatoms. The van der Waals surface area contributed by atoms with Crippen LogP contribution in [0.3, 0.4) is 0 Å². The highest BCUT2D eigenvalue weighted by Gasteiger charge is 2.36. The fourth-order valence-electron chi connectivity index (χ4n) is 1.99. The molecule has 108 valence electrons. The third kappa shape index (κ3) is 4.56. The minimum Gasteiger partial charge on any atom is -0.316 e. The molecule has 0 radical (unpaired) electrons. The Kier molecular flexibility index (Phi) is 5.38. The molecule has 0 amide bonds. The lowest BCUT2D eigenvalue weighted by molar-refractivity contribution is 0.401. The van der Waals surface area contributed by atoms with Gasteiger partial charge in [0.25, 0.3) is 0 Å². The van der Waals surface area contributed by atoms with E-state index in [4.69, 9.17) is 0 Å². The number of nitrogens with one attached hydrogen (secondary N) is 1. The molecular weight excluding hydrogens is 280 g/mol. The summed E-state index contributed by atoms with van der Waals surface area (Å²) in [5.41, 5.74) is 0. The summed E-state index contributed by atoms with van der Waals surface area (Å²) in [7, 11) is -3.14. The smallest absolute Gasteiger partial charge is 0.215 e. The van der Waals surface area contributed by atoms with Crippen molar-refractivity contribution < 1.29 is 8.42 Å². The van der Waals surface area contributed by atoms with Crippen LogP contribution in [-0.2, 0) is 16.6 Å². The lowest BCUT2D eigenvalue weighted by atomic mass is 10.4. The fraction of sp³-hybridized carbons (Fsp3) is 0.692. The Labute approximate surface area is 119 Å². The maximum atomic E-state index is 12.4. The van der Waals surface area contributed by atoms with E-state index in [0.29, 0.717) is 13.1 Å². The first-order chi connectivity index (χ1) is 9.13. The number of hydrogen-bond acceptors (Lipinski definition) is 4. The van der Waals surface area contributed by atoms with E-state index in [1.807, 2.05) is 17.5 Å². The van der Waals surface area contributed by atoms with E-state index in [2.05, 4.69) is 12.2 Å². The van der Waals surface area contributed by atoms with Crippen molar-refractivity contribution in [3.8, 4) is 0 Å². The molecule has 2 rings (SSSR count). The molecule has 0 saturated heterocycles. The molecule has 1 fully saturated rings. The van der Waals surface area contributed by atoms with Crippen LogP contribution in [-0.4, -0.2) is 37.6 Å². The fourth-order valence-corrected chi connectivity index (χ4v) is 4.42. The Morgan fingerprint density at radius 3 is 2.79 bits per heavy atom. The van der Waals surface area contributed by atoms with Crippen molar-refractivity contribution in [2.45, 2.75) is 38.8 Å². The van der Waals surface area contributed by atoms with Crippen LogP contribution in [0, 0.1) is 0 Å². The first kappa shape index (κ1) is 15.0. The Bertz CT molecular complexity index is 467. The zero-order chi connectivity index (χ0) is 13.7. The van der Waals surface area contributed by atoms with E-state index in [0.717, 1.165) is 30.7 Å². The number of rotatable bonds is 9. The van der Waals surface area contributed by atoms with E-state index in [-0.39, 0.29) is 11.8 Å². The lowest BCUT2D eigenvalue weighted by Gasteiger charge is -2.21. The Hall–Kier alpha value is -0.430. The van der Waals surface area contributed by atoms with Crippen molar-refractivity contribution in [1.29, 1.82) is 0 Å². The standard InChI is InChI=1S/C13H22N2O2S2/c1-2-7-14-8-10-19(16,17)15(12-5-6-12)11-13-4-3-9-18-13/h3-4,9,12,14H,2,5-8,10-11H2,1H3. The van der Waals surface area contributed by atoms with Crippen LogP contribution >= 0.6 is 11.3 Å². The van der Waals surface area contributed by atoms with Gasteiger partial charge in [-0.3, -0.25) is 0 Å². The summed E-state index contributed by atoms with van der Waals surface area (Å²) in [6, 6.07) is 4.21. The summed E-state index contributed by atoms with van der Waals surface area (Å²) >= 11 is 1.62. The summed E-state index contributed by atoms with van der Waals surface area (Å²) in [4.78, 5) is 1.12. The van der Waals surface area contributed by atoms with Crippen LogP contribution in [0.2, 0.25) is 0 Å². The topological polar surface area (TPSA) is 49.4 Å². The maximum absolute atomic E-state index is 12.4. The van der Waals surface area contributed by atoms with Crippen LogP contribution in [0.1, 0.15) is 31.1 Å². The van der Waals surface area contributed by atoms with Crippen molar-refractivity contribution in [3.63, 3.8) is 0 Å². The van der Waals surface area contributed by atoms with Crippen LogP contribution in [0.15, 0.2) is 17.5 Å². The van der Waals surface area contributed by atoms with E-state index < -0.39 is 10.0 Å². The number of thiophene rings is 1. The molecule has 1 aromatic heterocycles. The number of nitrogens with zero attached hydrogens (tertiary/aromatic N) is 1. The second-order valence-electron chi connectivity index (χ2n) is 4.92. The quantitative estimate of drug-likeness (QED) is 0.710. The second-order valence-corrected chi connectivity index (χ2v) is 8.00. The summed E-state index contributed by atoms with van der Waals surface area (Å²) in [5.74, 6) is 0.203. The van der Waals surface area contributed by atoms with Gasteiger partial charge in [0, 0.05) is 24.0 Å². The van der Waals surface area contributed by atoms with Crippen molar-refractivity contribution in [2.75, 3.05) is 18.8 Å². The third-order valence-corrected chi connectivity index (χ3v) is 5.89. The minimum absolute atomic E-state index is 0.203. The highest BCUT2D eigenvalue weighted by molar-refractivity contribution is 7.89. The molecule has 0 aliphatic heterocycles. The molecule has 19 heavy (non-hydrogen) atoms. The van der Waals surface area contributed by atoms with E-state index in [9.17, 15) is 8.42 Å². The van der Waals surface area contributed by atoms with E-state index >= 15 is 0 Å². The summed E-state index contributed by atoms with van der Waals surface area (Å²) in [5, 5.41) is 5.16. The molecule has 1 saturated carbocycles. The SMILES string of the molecule is CCCNCCS(=O)(=O)N(Cc1cccs1)C1CC1. The molecule has 0 spiro atoms. The first-order valence-corrected chi connectivity index (χ1v) is 9.35. The monoisotopic (exact) mass is 302 g/mol. The van der Waals surface area contributed by atoms with Gasteiger partial charge in [-0.25, -0.2) is 8.42 Å². The van der Waals surface area contributed by atoms with Crippen LogP contribution < -0.4 is 5.32 Å². The zero-order valence-electron chi connectivity index (χ0n) is 11.3. The normalized spacial score (nSPS) is 16.1. The van der Waals surface area contributed by atoms with Gasteiger partial charge in [-0.2, -0.15) is 4.31 Å². The number of sulfonamides is 1. The van der Waals surface area contributed by atoms with Crippen molar-refractivity contribution in [3.05, 3.63) is 22.4 Å². The zero-order valence-corrected chi connectivity index (χ0v) is 13.0. The summed E-state index contributed by atoms with van der Waals surface area (Å²) < 4.78 is 26.5.